The van der Waals surface area contributed by atoms with Crippen molar-refractivity contribution in [3.63, 3.8) is 0 Å². The molecule has 2 aromatic carbocycles. The van der Waals surface area contributed by atoms with Gasteiger partial charge in [0.1, 0.15) is 0 Å². The van der Waals surface area contributed by atoms with Crippen LogP contribution in [0.1, 0.15) is 47.7 Å². The number of fused-ring (bicyclic) bond motifs is 1. The third-order valence-electron chi connectivity index (χ3n) is 6.30. The summed E-state index contributed by atoms with van der Waals surface area (Å²) in [5, 5.41) is 3.14. The summed E-state index contributed by atoms with van der Waals surface area (Å²) in [6.07, 6.45) is 3.88. The molecule has 0 aromatic heterocycles. The van der Waals surface area contributed by atoms with Gasteiger partial charge in [-0.15, -0.1) is 11.8 Å². The van der Waals surface area contributed by atoms with Crippen molar-refractivity contribution < 1.29 is 4.79 Å². The van der Waals surface area contributed by atoms with Gasteiger partial charge in [0.25, 0.3) is 5.91 Å². The summed E-state index contributed by atoms with van der Waals surface area (Å²) in [5.74, 6) is 1.12. The average molecular weight is 424 g/mol. The molecule has 0 spiro atoms. The largest absolute Gasteiger partial charge is 0.365 e. The van der Waals surface area contributed by atoms with E-state index in [4.69, 9.17) is 0 Å². The molecule has 1 amide bonds. The summed E-state index contributed by atoms with van der Waals surface area (Å²) in [6, 6.07) is 15.5. The van der Waals surface area contributed by atoms with E-state index in [0.717, 1.165) is 37.5 Å². The van der Waals surface area contributed by atoms with Gasteiger partial charge in [0.05, 0.1) is 5.69 Å². The zero-order chi connectivity index (χ0) is 20.9. The average Bonchev–Trinajstić information content (AvgIpc) is 2.76. The van der Waals surface area contributed by atoms with Crippen molar-refractivity contribution in [3.05, 3.63) is 59.2 Å². The third-order valence-corrected chi connectivity index (χ3v) is 7.34. The molecule has 2 heterocycles. The Hall–Kier alpha value is -1.98. The minimum atomic E-state index is 0.0355. The molecule has 0 saturated carbocycles. The summed E-state index contributed by atoms with van der Waals surface area (Å²) in [7, 11) is 0. The molecule has 0 radical (unpaired) electrons. The van der Waals surface area contributed by atoms with Crippen LogP contribution in [-0.4, -0.2) is 48.8 Å². The highest BCUT2D eigenvalue weighted by Crippen LogP contribution is 2.36. The number of nitrogens with one attached hydrogen (secondary N) is 1. The molecule has 0 bridgehead atoms. The van der Waals surface area contributed by atoms with E-state index >= 15 is 0 Å². The quantitative estimate of drug-likeness (QED) is 0.730. The minimum absolute atomic E-state index is 0.0355. The van der Waals surface area contributed by atoms with E-state index in [9.17, 15) is 4.79 Å². The zero-order valence-corrected chi connectivity index (χ0v) is 19.0. The highest BCUT2D eigenvalue weighted by Gasteiger charge is 2.21. The molecule has 5 heteroatoms. The van der Waals surface area contributed by atoms with Crippen molar-refractivity contribution in [2.24, 2.45) is 0 Å². The molecule has 1 saturated heterocycles. The van der Waals surface area contributed by atoms with Gasteiger partial charge >= 0.3 is 0 Å². The monoisotopic (exact) mass is 423 g/mol. The lowest BCUT2D eigenvalue weighted by Crippen LogP contribution is -2.42. The van der Waals surface area contributed by atoms with Crippen LogP contribution in [0.5, 0.6) is 0 Å². The SMILES string of the molecule is Cc1ccc(CN2CCSc3ccc(C(=O)NCCN4CCCC[C@@H]4C)cc32)cc1. The summed E-state index contributed by atoms with van der Waals surface area (Å²) in [6.45, 7) is 9.10. The van der Waals surface area contributed by atoms with Crippen LogP contribution in [0, 0.1) is 6.92 Å². The number of carbonyl (C=O) groups excluding carboxylic acids is 1. The maximum atomic E-state index is 12.8. The molecule has 2 aliphatic heterocycles. The number of thioether (sulfide) groups is 1. The lowest BCUT2D eigenvalue weighted by atomic mass is 10.0. The van der Waals surface area contributed by atoms with E-state index in [2.05, 4.69) is 65.4 Å². The fourth-order valence-corrected chi connectivity index (χ4v) is 5.43. The van der Waals surface area contributed by atoms with Crippen LogP contribution in [0.25, 0.3) is 0 Å². The van der Waals surface area contributed by atoms with Crippen molar-refractivity contribution in [1.29, 1.82) is 0 Å². The number of rotatable bonds is 6. The van der Waals surface area contributed by atoms with Crippen LogP contribution < -0.4 is 10.2 Å². The van der Waals surface area contributed by atoms with E-state index in [1.165, 1.54) is 41.0 Å². The number of hydrogen-bond acceptors (Lipinski definition) is 4. The maximum absolute atomic E-state index is 12.8. The standard InChI is InChI=1S/C25H33N3OS/c1-19-6-8-21(9-7-19)18-28-15-16-30-24-11-10-22(17-23(24)28)25(29)26-12-14-27-13-4-3-5-20(27)2/h6-11,17,20H,3-5,12-16,18H2,1-2H3,(H,26,29)/t20-/m0/s1. The molecular weight excluding hydrogens is 390 g/mol. The number of likely N-dealkylation sites (tertiary alicyclic amines) is 1. The maximum Gasteiger partial charge on any atom is 0.251 e. The topological polar surface area (TPSA) is 35.6 Å². The first-order chi connectivity index (χ1) is 14.6. The molecule has 160 valence electrons. The van der Waals surface area contributed by atoms with E-state index in [1.54, 1.807) is 0 Å². The van der Waals surface area contributed by atoms with Gasteiger partial charge in [-0.1, -0.05) is 36.2 Å². The van der Waals surface area contributed by atoms with E-state index in [1.807, 2.05) is 17.8 Å². The number of piperidine rings is 1. The Morgan fingerprint density at radius 1 is 1.13 bits per heavy atom. The van der Waals surface area contributed by atoms with E-state index in [0.29, 0.717) is 12.6 Å². The van der Waals surface area contributed by atoms with Crippen molar-refractivity contribution in [2.45, 2.75) is 50.6 Å². The first-order valence-corrected chi connectivity index (χ1v) is 12.2. The molecule has 30 heavy (non-hydrogen) atoms. The summed E-state index contributed by atoms with van der Waals surface area (Å²) in [4.78, 5) is 19.0. The normalized spacial score (nSPS) is 19.4. The Bertz CT molecular complexity index is 867. The number of benzene rings is 2. The number of carbonyl (C=O) groups is 1. The highest BCUT2D eigenvalue weighted by atomic mass is 32.2. The Labute approximate surface area is 185 Å². The predicted octanol–water partition coefficient (Wildman–Crippen LogP) is 4.71. The fraction of sp³-hybridized carbons (Fsp3) is 0.480. The van der Waals surface area contributed by atoms with Gasteiger partial charge in [-0.05, 0) is 57.0 Å². The van der Waals surface area contributed by atoms with Crippen LogP contribution in [0.3, 0.4) is 0 Å². The number of amides is 1. The lowest BCUT2D eigenvalue weighted by molar-refractivity contribution is 0.0938. The molecular formula is C25H33N3OS. The van der Waals surface area contributed by atoms with Crippen molar-refractivity contribution in [1.82, 2.24) is 10.2 Å². The molecule has 1 N–H and O–H groups in total. The van der Waals surface area contributed by atoms with Crippen LogP contribution in [0.15, 0.2) is 47.4 Å². The van der Waals surface area contributed by atoms with Gasteiger partial charge < -0.3 is 10.2 Å². The summed E-state index contributed by atoms with van der Waals surface area (Å²) in [5.41, 5.74) is 4.54. The molecule has 1 fully saturated rings. The van der Waals surface area contributed by atoms with Crippen LogP contribution in [-0.2, 0) is 6.54 Å². The molecule has 2 aromatic rings. The Morgan fingerprint density at radius 2 is 1.97 bits per heavy atom. The van der Waals surface area contributed by atoms with Crippen molar-refractivity contribution in [3.8, 4) is 0 Å². The molecule has 2 aliphatic rings. The smallest absolute Gasteiger partial charge is 0.251 e. The van der Waals surface area contributed by atoms with Crippen LogP contribution in [0.2, 0.25) is 0 Å². The second kappa shape index (κ2) is 9.88. The Balaban J connectivity index is 1.40. The van der Waals surface area contributed by atoms with Crippen molar-refractivity contribution in [2.75, 3.05) is 36.8 Å². The summed E-state index contributed by atoms with van der Waals surface area (Å²) < 4.78 is 0. The van der Waals surface area contributed by atoms with Gasteiger partial charge in [-0.2, -0.15) is 0 Å². The van der Waals surface area contributed by atoms with Gasteiger partial charge in [-0.25, -0.2) is 0 Å². The Kier molecular flexibility index (Phi) is 7.00. The molecule has 0 aliphatic carbocycles. The number of hydrogen-bond donors (Lipinski definition) is 1. The molecule has 4 rings (SSSR count). The van der Waals surface area contributed by atoms with Crippen molar-refractivity contribution >= 4 is 23.4 Å². The minimum Gasteiger partial charge on any atom is -0.365 e. The number of nitrogens with zero attached hydrogens (tertiary/aromatic N) is 2. The molecule has 4 nitrogen and oxygen atoms in total. The number of aryl methyl sites for hydroxylation is 1. The first kappa shape index (κ1) is 21.3. The lowest BCUT2D eigenvalue weighted by Gasteiger charge is -2.33. The van der Waals surface area contributed by atoms with Gasteiger partial charge in [0, 0.05) is 48.4 Å². The van der Waals surface area contributed by atoms with Crippen LogP contribution >= 0.6 is 11.8 Å². The second-order valence-corrected chi connectivity index (χ2v) is 9.71. The number of anilines is 1. The predicted molar refractivity (Wildman–Crippen MR) is 127 cm³/mol. The van der Waals surface area contributed by atoms with E-state index < -0.39 is 0 Å². The third kappa shape index (κ3) is 5.19. The highest BCUT2D eigenvalue weighted by molar-refractivity contribution is 7.99. The fourth-order valence-electron chi connectivity index (χ4n) is 4.40. The first-order valence-electron chi connectivity index (χ1n) is 11.2. The van der Waals surface area contributed by atoms with Gasteiger partial charge in [0.2, 0.25) is 0 Å². The second-order valence-electron chi connectivity index (χ2n) is 8.57. The molecule has 1 atom stereocenters. The zero-order valence-electron chi connectivity index (χ0n) is 18.2. The summed E-state index contributed by atoms with van der Waals surface area (Å²) >= 11 is 1.88. The van der Waals surface area contributed by atoms with Gasteiger partial charge in [0.15, 0.2) is 0 Å². The van der Waals surface area contributed by atoms with Crippen LogP contribution in [0.4, 0.5) is 5.69 Å². The van der Waals surface area contributed by atoms with E-state index in [-0.39, 0.29) is 5.91 Å². The molecule has 0 unspecified atom stereocenters. The van der Waals surface area contributed by atoms with Gasteiger partial charge in [-0.3, -0.25) is 9.69 Å². The Morgan fingerprint density at radius 3 is 2.77 bits per heavy atom.